The normalized spacial score (nSPS) is 14.3. The molecule has 0 atom stereocenters. The highest BCUT2D eigenvalue weighted by atomic mass is 16.5. The molecular formula is C19H24N4O2. The zero-order chi connectivity index (χ0) is 17.8. The molecule has 25 heavy (non-hydrogen) atoms. The summed E-state index contributed by atoms with van der Waals surface area (Å²) >= 11 is 0. The second-order valence-electron chi connectivity index (χ2n) is 6.00. The molecular weight excluding hydrogens is 316 g/mol. The number of rotatable bonds is 4. The predicted octanol–water partition coefficient (Wildman–Crippen LogP) is 1.96. The molecule has 0 radical (unpaired) electrons. The fourth-order valence-electron chi connectivity index (χ4n) is 3.23. The molecule has 6 nitrogen and oxygen atoms in total. The van der Waals surface area contributed by atoms with E-state index in [2.05, 4.69) is 21.2 Å². The van der Waals surface area contributed by atoms with Gasteiger partial charge < -0.3 is 25.6 Å². The lowest BCUT2D eigenvalue weighted by atomic mass is 10.1. The van der Waals surface area contributed by atoms with E-state index < -0.39 is 0 Å². The first-order chi connectivity index (χ1) is 12.1. The number of nitrogens with zero attached hydrogens (tertiary/aromatic N) is 2. The molecule has 0 aliphatic carbocycles. The summed E-state index contributed by atoms with van der Waals surface area (Å²) in [5.74, 6) is 0.768. The number of carbonyl (C=O) groups is 1. The van der Waals surface area contributed by atoms with Gasteiger partial charge in [-0.15, -0.1) is 0 Å². The first kappa shape index (κ1) is 17.0. The zero-order valence-corrected chi connectivity index (χ0v) is 14.7. The number of para-hydroxylation sites is 2. The van der Waals surface area contributed by atoms with Gasteiger partial charge in [0.15, 0.2) is 0 Å². The lowest BCUT2D eigenvalue weighted by Gasteiger charge is -2.38. The molecule has 1 saturated heterocycles. The first-order valence-electron chi connectivity index (χ1n) is 8.38. The Balaban J connectivity index is 1.78. The van der Waals surface area contributed by atoms with Gasteiger partial charge in [0.2, 0.25) is 0 Å². The number of amides is 1. The van der Waals surface area contributed by atoms with E-state index in [0.29, 0.717) is 11.3 Å². The molecule has 132 valence electrons. The zero-order valence-electron chi connectivity index (χ0n) is 14.7. The number of ether oxygens (including phenoxy) is 1. The summed E-state index contributed by atoms with van der Waals surface area (Å²) in [5, 5.41) is 2.69. The molecule has 6 heteroatoms. The van der Waals surface area contributed by atoms with Crippen molar-refractivity contribution >= 4 is 23.0 Å². The number of nitrogens with one attached hydrogen (secondary N) is 1. The molecule has 2 aromatic carbocycles. The van der Waals surface area contributed by atoms with Crippen LogP contribution in [0.3, 0.4) is 0 Å². The summed E-state index contributed by atoms with van der Waals surface area (Å²) in [6, 6.07) is 13.6. The van der Waals surface area contributed by atoms with Gasteiger partial charge in [-0.25, -0.2) is 0 Å². The first-order valence-corrected chi connectivity index (χ1v) is 8.38. The summed E-state index contributed by atoms with van der Waals surface area (Å²) in [6.45, 7) is 3.37. The van der Waals surface area contributed by atoms with Crippen LogP contribution >= 0.6 is 0 Å². The van der Waals surface area contributed by atoms with Crippen molar-refractivity contribution in [1.29, 1.82) is 0 Å². The van der Waals surface area contributed by atoms with Gasteiger partial charge in [0, 0.05) is 44.6 Å². The average molecular weight is 340 g/mol. The summed E-state index contributed by atoms with van der Waals surface area (Å²) in [6.07, 6.45) is 0. The monoisotopic (exact) mass is 340 g/mol. The van der Waals surface area contributed by atoms with Crippen LogP contribution in [0, 0.1) is 0 Å². The lowest BCUT2D eigenvalue weighted by Crippen LogP contribution is -2.47. The highest BCUT2D eigenvalue weighted by molar-refractivity contribution is 6.00. The van der Waals surface area contributed by atoms with Crippen LogP contribution in [-0.2, 0) is 0 Å². The Labute approximate surface area is 148 Å². The highest BCUT2D eigenvalue weighted by Crippen LogP contribution is 2.30. The lowest BCUT2D eigenvalue weighted by molar-refractivity contribution is 0.0963. The van der Waals surface area contributed by atoms with E-state index in [-0.39, 0.29) is 5.91 Å². The number of piperazine rings is 1. The van der Waals surface area contributed by atoms with Crippen LogP contribution in [0.25, 0.3) is 0 Å². The Bertz CT molecular complexity index is 755. The summed E-state index contributed by atoms with van der Waals surface area (Å²) in [7, 11) is 3.33. The van der Waals surface area contributed by atoms with Gasteiger partial charge in [0.05, 0.1) is 18.4 Å². The fourth-order valence-corrected chi connectivity index (χ4v) is 3.23. The van der Waals surface area contributed by atoms with Crippen molar-refractivity contribution in [3.63, 3.8) is 0 Å². The van der Waals surface area contributed by atoms with Crippen molar-refractivity contribution in [2.45, 2.75) is 0 Å². The molecule has 1 aliphatic heterocycles. The third-order valence-corrected chi connectivity index (χ3v) is 4.54. The maximum absolute atomic E-state index is 12.2. The summed E-state index contributed by atoms with van der Waals surface area (Å²) in [5.41, 5.74) is 9.10. The molecule has 1 fully saturated rings. The fraction of sp³-hybridized carbons (Fsp3) is 0.316. The molecule has 0 unspecified atom stereocenters. The molecule has 3 N–H and O–H groups in total. The van der Waals surface area contributed by atoms with E-state index in [4.69, 9.17) is 10.5 Å². The Hall–Kier alpha value is -2.89. The van der Waals surface area contributed by atoms with Crippen molar-refractivity contribution in [3.8, 4) is 5.75 Å². The third kappa shape index (κ3) is 3.47. The third-order valence-electron chi connectivity index (χ3n) is 4.54. The summed E-state index contributed by atoms with van der Waals surface area (Å²) < 4.78 is 5.47. The average Bonchev–Trinajstić information content (AvgIpc) is 2.67. The molecule has 1 amide bonds. The second-order valence-corrected chi connectivity index (χ2v) is 6.00. The topological polar surface area (TPSA) is 70.8 Å². The van der Waals surface area contributed by atoms with E-state index in [9.17, 15) is 4.79 Å². The van der Waals surface area contributed by atoms with Crippen LogP contribution in [0.5, 0.6) is 5.75 Å². The quantitative estimate of drug-likeness (QED) is 0.833. The van der Waals surface area contributed by atoms with E-state index >= 15 is 0 Å². The second kappa shape index (κ2) is 7.34. The minimum absolute atomic E-state index is 0.116. The highest BCUT2D eigenvalue weighted by Gasteiger charge is 2.23. The number of anilines is 3. The van der Waals surface area contributed by atoms with Gasteiger partial charge in [-0.2, -0.15) is 0 Å². The van der Waals surface area contributed by atoms with Gasteiger partial charge in [-0.3, -0.25) is 4.79 Å². The number of hydrogen-bond acceptors (Lipinski definition) is 5. The molecule has 1 aliphatic rings. The van der Waals surface area contributed by atoms with E-state index in [1.165, 1.54) is 0 Å². The predicted molar refractivity (Wildman–Crippen MR) is 102 cm³/mol. The molecule has 1 heterocycles. The minimum atomic E-state index is -0.116. The van der Waals surface area contributed by atoms with E-state index in [1.807, 2.05) is 30.3 Å². The molecule has 0 saturated carbocycles. The van der Waals surface area contributed by atoms with Crippen LogP contribution in [0.2, 0.25) is 0 Å². The van der Waals surface area contributed by atoms with Crippen LogP contribution < -0.4 is 25.6 Å². The number of methoxy groups -OCH3 is 1. The Morgan fingerprint density at radius 1 is 1.04 bits per heavy atom. The standard InChI is InChI=1S/C19H24N4O2/c1-21-19(24)15-13-14(20)7-8-16(15)22-9-11-23(12-10-22)17-5-3-4-6-18(17)25-2/h3-8,13H,9-12,20H2,1-2H3,(H,21,24). The van der Waals surface area contributed by atoms with E-state index in [1.54, 1.807) is 20.2 Å². The van der Waals surface area contributed by atoms with Crippen molar-refractivity contribution in [3.05, 3.63) is 48.0 Å². The molecule has 0 bridgehead atoms. The number of hydrogen-bond donors (Lipinski definition) is 2. The largest absolute Gasteiger partial charge is 0.495 e. The maximum atomic E-state index is 12.2. The summed E-state index contributed by atoms with van der Waals surface area (Å²) in [4.78, 5) is 16.7. The van der Waals surface area contributed by atoms with Crippen LogP contribution in [0.4, 0.5) is 17.1 Å². The van der Waals surface area contributed by atoms with Crippen LogP contribution in [0.15, 0.2) is 42.5 Å². The number of benzene rings is 2. The van der Waals surface area contributed by atoms with Gasteiger partial charge in [0.1, 0.15) is 5.75 Å². The van der Waals surface area contributed by atoms with Gasteiger partial charge in [0.25, 0.3) is 5.91 Å². The Kier molecular flexibility index (Phi) is 4.97. The van der Waals surface area contributed by atoms with Gasteiger partial charge in [-0.05, 0) is 30.3 Å². The van der Waals surface area contributed by atoms with Gasteiger partial charge >= 0.3 is 0 Å². The van der Waals surface area contributed by atoms with Gasteiger partial charge in [-0.1, -0.05) is 12.1 Å². The van der Waals surface area contributed by atoms with Crippen molar-refractivity contribution in [1.82, 2.24) is 5.32 Å². The Morgan fingerprint density at radius 2 is 1.68 bits per heavy atom. The smallest absolute Gasteiger partial charge is 0.253 e. The minimum Gasteiger partial charge on any atom is -0.495 e. The van der Waals surface area contributed by atoms with E-state index in [0.717, 1.165) is 43.3 Å². The van der Waals surface area contributed by atoms with Crippen LogP contribution in [-0.4, -0.2) is 46.2 Å². The van der Waals surface area contributed by atoms with Crippen molar-refractivity contribution in [2.24, 2.45) is 0 Å². The SMILES string of the molecule is CNC(=O)c1cc(N)ccc1N1CCN(c2ccccc2OC)CC1. The van der Waals surface area contributed by atoms with Crippen molar-refractivity contribution in [2.75, 3.05) is 55.9 Å². The van der Waals surface area contributed by atoms with Crippen LogP contribution in [0.1, 0.15) is 10.4 Å². The number of nitrogen functional groups attached to an aromatic ring is 1. The Morgan fingerprint density at radius 3 is 2.32 bits per heavy atom. The number of nitrogens with two attached hydrogens (primary N) is 1. The molecule has 2 aromatic rings. The number of carbonyl (C=O) groups excluding carboxylic acids is 1. The molecule has 0 aromatic heterocycles. The molecule has 3 rings (SSSR count). The maximum Gasteiger partial charge on any atom is 0.253 e. The molecule has 0 spiro atoms. The van der Waals surface area contributed by atoms with Crippen molar-refractivity contribution < 1.29 is 9.53 Å².